The molecule has 0 heterocycles. The Hall–Kier alpha value is -0.570. The van der Waals surface area contributed by atoms with Crippen molar-refractivity contribution < 1.29 is 9.53 Å². The van der Waals surface area contributed by atoms with Crippen LogP contribution in [0.3, 0.4) is 0 Å². The highest BCUT2D eigenvalue weighted by Crippen LogP contribution is 2.24. The zero-order chi connectivity index (χ0) is 9.68. The summed E-state index contributed by atoms with van der Waals surface area (Å²) in [7, 11) is 3.39. The predicted molar refractivity (Wildman–Crippen MR) is 51.4 cm³/mol. The van der Waals surface area contributed by atoms with E-state index in [0.29, 0.717) is 6.04 Å². The van der Waals surface area contributed by atoms with Crippen LogP contribution in [0.15, 0.2) is 0 Å². The maximum Gasteiger partial charge on any atom is 0.310 e. The van der Waals surface area contributed by atoms with E-state index in [1.165, 1.54) is 20.0 Å². The summed E-state index contributed by atoms with van der Waals surface area (Å²) in [4.78, 5) is 11.4. The van der Waals surface area contributed by atoms with Gasteiger partial charge >= 0.3 is 5.97 Å². The number of hydrogen-bond donors (Lipinski definition) is 1. The molecule has 2 atom stereocenters. The maximum absolute atomic E-state index is 11.4. The van der Waals surface area contributed by atoms with Gasteiger partial charge in [0, 0.05) is 6.04 Å². The summed E-state index contributed by atoms with van der Waals surface area (Å²) in [5.74, 6) is 0.0127. The number of nitrogens with one attached hydrogen (secondary N) is 1. The molecule has 0 aromatic heterocycles. The van der Waals surface area contributed by atoms with Crippen LogP contribution in [0.5, 0.6) is 0 Å². The molecule has 0 aromatic rings. The summed E-state index contributed by atoms with van der Waals surface area (Å²) in [6, 6.07) is 0.315. The zero-order valence-corrected chi connectivity index (χ0v) is 8.51. The Kier molecular flexibility index (Phi) is 4.22. The van der Waals surface area contributed by atoms with Crippen LogP contribution in [0.1, 0.15) is 32.1 Å². The van der Waals surface area contributed by atoms with Gasteiger partial charge in [-0.1, -0.05) is 19.3 Å². The third-order valence-corrected chi connectivity index (χ3v) is 2.89. The molecule has 1 fully saturated rings. The van der Waals surface area contributed by atoms with E-state index >= 15 is 0 Å². The number of carbonyl (C=O) groups is 1. The SMILES string of the molecule is CNC1CCCCCC1C(=O)OC. The second kappa shape index (κ2) is 5.22. The number of hydrogen-bond acceptors (Lipinski definition) is 3. The minimum absolute atomic E-state index is 0.0544. The van der Waals surface area contributed by atoms with E-state index < -0.39 is 0 Å². The van der Waals surface area contributed by atoms with Gasteiger partial charge in [0.1, 0.15) is 0 Å². The van der Waals surface area contributed by atoms with Crippen LogP contribution < -0.4 is 5.32 Å². The molecule has 1 aliphatic rings. The first kappa shape index (κ1) is 10.5. The third kappa shape index (κ3) is 2.69. The van der Waals surface area contributed by atoms with Crippen molar-refractivity contribution in [3.05, 3.63) is 0 Å². The molecule has 1 saturated carbocycles. The van der Waals surface area contributed by atoms with Crippen molar-refractivity contribution in [3.63, 3.8) is 0 Å². The van der Waals surface area contributed by atoms with Crippen molar-refractivity contribution in [2.24, 2.45) is 5.92 Å². The van der Waals surface area contributed by atoms with Gasteiger partial charge in [-0.2, -0.15) is 0 Å². The number of methoxy groups -OCH3 is 1. The van der Waals surface area contributed by atoms with Gasteiger partial charge < -0.3 is 10.1 Å². The molecule has 0 amide bonds. The van der Waals surface area contributed by atoms with E-state index in [4.69, 9.17) is 4.74 Å². The van der Waals surface area contributed by atoms with Crippen molar-refractivity contribution in [2.75, 3.05) is 14.2 Å². The fourth-order valence-electron chi connectivity index (χ4n) is 2.09. The van der Waals surface area contributed by atoms with Crippen LogP contribution in [-0.2, 0) is 9.53 Å². The third-order valence-electron chi connectivity index (χ3n) is 2.89. The molecular weight excluding hydrogens is 166 g/mol. The standard InChI is InChI=1S/C10H19NO2/c1-11-9-7-5-3-4-6-8(9)10(12)13-2/h8-9,11H,3-7H2,1-2H3. The molecule has 0 radical (unpaired) electrons. The van der Waals surface area contributed by atoms with E-state index in [0.717, 1.165) is 19.3 Å². The molecule has 0 aromatic carbocycles. The van der Waals surface area contributed by atoms with E-state index in [1.54, 1.807) is 0 Å². The van der Waals surface area contributed by atoms with Gasteiger partial charge in [0.25, 0.3) is 0 Å². The molecule has 0 saturated heterocycles. The minimum Gasteiger partial charge on any atom is -0.469 e. The molecule has 1 aliphatic carbocycles. The van der Waals surface area contributed by atoms with Crippen LogP contribution in [-0.4, -0.2) is 26.2 Å². The monoisotopic (exact) mass is 185 g/mol. The first-order chi connectivity index (χ1) is 6.29. The van der Waals surface area contributed by atoms with Gasteiger partial charge in [0.15, 0.2) is 0 Å². The van der Waals surface area contributed by atoms with Crippen LogP contribution in [0.25, 0.3) is 0 Å². The van der Waals surface area contributed by atoms with E-state index in [2.05, 4.69) is 5.32 Å². The maximum atomic E-state index is 11.4. The second-order valence-electron chi connectivity index (χ2n) is 3.66. The molecule has 76 valence electrons. The van der Waals surface area contributed by atoms with Gasteiger partial charge in [-0.3, -0.25) is 4.79 Å². The van der Waals surface area contributed by atoms with Gasteiger partial charge in [-0.25, -0.2) is 0 Å². The van der Waals surface area contributed by atoms with Crippen LogP contribution >= 0.6 is 0 Å². The summed E-state index contributed by atoms with van der Waals surface area (Å²) in [6.45, 7) is 0. The molecule has 2 unspecified atom stereocenters. The molecule has 13 heavy (non-hydrogen) atoms. The van der Waals surface area contributed by atoms with Gasteiger partial charge in [-0.05, 0) is 19.9 Å². The van der Waals surface area contributed by atoms with Crippen LogP contribution in [0, 0.1) is 5.92 Å². The lowest BCUT2D eigenvalue weighted by atomic mass is 9.95. The molecule has 3 heteroatoms. The van der Waals surface area contributed by atoms with Crippen LogP contribution in [0.4, 0.5) is 0 Å². The Morgan fingerprint density at radius 3 is 2.62 bits per heavy atom. The van der Waals surface area contributed by atoms with E-state index in [9.17, 15) is 4.79 Å². The Morgan fingerprint density at radius 2 is 2.00 bits per heavy atom. The minimum atomic E-state index is -0.0544. The van der Waals surface area contributed by atoms with Gasteiger partial charge in [-0.15, -0.1) is 0 Å². The van der Waals surface area contributed by atoms with Crippen molar-refractivity contribution >= 4 is 5.97 Å². The Morgan fingerprint density at radius 1 is 1.31 bits per heavy atom. The normalized spacial score (nSPS) is 29.4. The molecule has 3 nitrogen and oxygen atoms in total. The van der Waals surface area contributed by atoms with Crippen molar-refractivity contribution in [2.45, 2.75) is 38.1 Å². The average Bonchev–Trinajstić information content (AvgIpc) is 2.41. The summed E-state index contributed by atoms with van der Waals surface area (Å²) < 4.78 is 4.80. The van der Waals surface area contributed by atoms with Crippen molar-refractivity contribution in [1.29, 1.82) is 0 Å². The smallest absolute Gasteiger partial charge is 0.310 e. The average molecular weight is 185 g/mol. The van der Waals surface area contributed by atoms with Crippen molar-refractivity contribution in [3.8, 4) is 0 Å². The number of ether oxygens (including phenoxy) is 1. The lowest BCUT2D eigenvalue weighted by Crippen LogP contribution is -2.37. The largest absolute Gasteiger partial charge is 0.469 e. The number of rotatable bonds is 2. The molecule has 1 rings (SSSR count). The summed E-state index contributed by atoms with van der Waals surface area (Å²) in [5.41, 5.74) is 0. The quantitative estimate of drug-likeness (QED) is 0.521. The van der Waals surface area contributed by atoms with Crippen LogP contribution in [0.2, 0.25) is 0 Å². The zero-order valence-electron chi connectivity index (χ0n) is 8.51. The first-order valence-corrected chi connectivity index (χ1v) is 5.04. The highest BCUT2D eigenvalue weighted by molar-refractivity contribution is 5.73. The summed E-state index contributed by atoms with van der Waals surface area (Å²) in [5, 5.41) is 3.21. The topological polar surface area (TPSA) is 38.3 Å². The second-order valence-corrected chi connectivity index (χ2v) is 3.66. The van der Waals surface area contributed by atoms with E-state index in [-0.39, 0.29) is 11.9 Å². The van der Waals surface area contributed by atoms with E-state index in [1.807, 2.05) is 7.05 Å². The highest BCUT2D eigenvalue weighted by atomic mass is 16.5. The number of esters is 1. The molecule has 1 N–H and O–H groups in total. The fraction of sp³-hybridized carbons (Fsp3) is 0.900. The van der Waals surface area contributed by atoms with Gasteiger partial charge in [0.05, 0.1) is 13.0 Å². The Labute approximate surface area is 79.8 Å². The molecule has 0 spiro atoms. The first-order valence-electron chi connectivity index (χ1n) is 5.04. The lowest BCUT2D eigenvalue weighted by Gasteiger charge is -2.21. The number of carbonyl (C=O) groups excluding carboxylic acids is 1. The Bertz CT molecular complexity index is 170. The summed E-state index contributed by atoms with van der Waals surface area (Å²) >= 11 is 0. The highest BCUT2D eigenvalue weighted by Gasteiger charge is 2.28. The Balaban J connectivity index is 2.58. The fourth-order valence-corrected chi connectivity index (χ4v) is 2.09. The van der Waals surface area contributed by atoms with Crippen molar-refractivity contribution in [1.82, 2.24) is 5.32 Å². The summed E-state index contributed by atoms with van der Waals surface area (Å²) in [6.07, 6.45) is 5.68. The van der Waals surface area contributed by atoms with Gasteiger partial charge in [0.2, 0.25) is 0 Å². The molecule has 0 bridgehead atoms. The lowest BCUT2D eigenvalue weighted by molar-refractivity contribution is -0.146. The molecular formula is C10H19NO2. The molecule has 0 aliphatic heterocycles. The predicted octanol–water partition coefficient (Wildman–Crippen LogP) is 1.33.